The van der Waals surface area contributed by atoms with E-state index in [1.165, 1.54) is 19.3 Å². The molecule has 1 unspecified atom stereocenters. The zero-order valence-electron chi connectivity index (χ0n) is 19.3. The highest BCUT2D eigenvalue weighted by Crippen LogP contribution is 2.26. The fourth-order valence-electron chi connectivity index (χ4n) is 4.26. The molecule has 1 aliphatic carbocycles. The van der Waals surface area contributed by atoms with E-state index < -0.39 is 0 Å². The van der Waals surface area contributed by atoms with Gasteiger partial charge in [-0.3, -0.25) is 4.79 Å². The number of methoxy groups -OCH3 is 1. The molecule has 9 heteroatoms. The first-order valence-electron chi connectivity index (χ1n) is 11.6. The lowest BCUT2D eigenvalue weighted by molar-refractivity contribution is -0.135. The number of nitrogens with one attached hydrogen (secondary N) is 2. The molecule has 0 spiro atoms. The first kappa shape index (κ1) is 26.6. The van der Waals surface area contributed by atoms with Gasteiger partial charge in [0.05, 0.1) is 13.2 Å². The Hall–Kier alpha value is -1.62. The van der Waals surface area contributed by atoms with Crippen LogP contribution in [0.25, 0.3) is 0 Å². The molecular weight excluding hydrogens is 521 g/mol. The normalized spacial score (nSPS) is 19.4. The van der Waals surface area contributed by atoms with Crippen molar-refractivity contribution in [2.75, 3.05) is 40.0 Å². The van der Waals surface area contributed by atoms with E-state index in [1.807, 2.05) is 24.0 Å². The van der Waals surface area contributed by atoms with Crippen molar-refractivity contribution in [2.45, 2.75) is 58.0 Å². The Balaban J connectivity index is 0.00000363. The molecule has 8 nitrogen and oxygen atoms in total. The molecule has 2 aliphatic rings. The molecule has 1 aliphatic heterocycles. The van der Waals surface area contributed by atoms with Crippen LogP contribution in [0.5, 0.6) is 5.88 Å². The second-order valence-corrected chi connectivity index (χ2v) is 8.25. The van der Waals surface area contributed by atoms with Gasteiger partial charge in [0.1, 0.15) is 6.61 Å². The monoisotopic (exact) mass is 559 g/mol. The molecule has 0 bridgehead atoms. The summed E-state index contributed by atoms with van der Waals surface area (Å²) in [4.78, 5) is 23.9. The zero-order valence-corrected chi connectivity index (χ0v) is 21.7. The first-order chi connectivity index (χ1) is 15.2. The van der Waals surface area contributed by atoms with Gasteiger partial charge in [-0.1, -0.05) is 25.3 Å². The van der Waals surface area contributed by atoms with Crippen molar-refractivity contribution in [3.8, 4) is 5.88 Å². The minimum absolute atomic E-state index is 0. The van der Waals surface area contributed by atoms with Crippen LogP contribution in [0.15, 0.2) is 23.3 Å². The largest absolute Gasteiger partial charge is 0.475 e. The van der Waals surface area contributed by atoms with E-state index in [1.54, 1.807) is 13.3 Å². The molecule has 1 saturated carbocycles. The number of nitrogens with zero attached hydrogens (tertiary/aromatic N) is 3. The number of aliphatic imine (C=N–C) groups is 1. The van der Waals surface area contributed by atoms with Crippen molar-refractivity contribution >= 4 is 35.8 Å². The molecule has 0 aromatic carbocycles. The fourth-order valence-corrected chi connectivity index (χ4v) is 4.26. The highest BCUT2D eigenvalue weighted by Gasteiger charge is 2.31. The van der Waals surface area contributed by atoms with Crippen molar-refractivity contribution in [3.05, 3.63) is 23.9 Å². The summed E-state index contributed by atoms with van der Waals surface area (Å²) in [7, 11) is 1.65. The van der Waals surface area contributed by atoms with Gasteiger partial charge in [0, 0.05) is 50.5 Å². The number of carbonyl (C=O) groups is 1. The lowest BCUT2D eigenvalue weighted by Crippen LogP contribution is -2.45. The molecule has 1 aromatic heterocycles. The maximum atomic E-state index is 12.8. The van der Waals surface area contributed by atoms with Crippen LogP contribution < -0.4 is 15.4 Å². The number of pyridine rings is 1. The van der Waals surface area contributed by atoms with Gasteiger partial charge >= 0.3 is 0 Å². The molecule has 3 rings (SSSR count). The fraction of sp³-hybridized carbons (Fsp3) is 0.696. The molecule has 2 fully saturated rings. The first-order valence-corrected chi connectivity index (χ1v) is 11.6. The summed E-state index contributed by atoms with van der Waals surface area (Å²) in [6.45, 7) is 5.83. The second-order valence-electron chi connectivity index (χ2n) is 8.25. The number of ether oxygens (including phenoxy) is 2. The van der Waals surface area contributed by atoms with Gasteiger partial charge in [0.15, 0.2) is 5.96 Å². The number of carbonyl (C=O) groups excluding carboxylic acids is 1. The SMILES string of the molecule is CCNC(=NCc1cccnc1OCCOC)NC1CCN(C(=O)C2CCCCC2)C1.I. The van der Waals surface area contributed by atoms with Crippen LogP contribution in [0.2, 0.25) is 0 Å². The maximum absolute atomic E-state index is 12.8. The van der Waals surface area contributed by atoms with Crippen molar-refractivity contribution in [2.24, 2.45) is 10.9 Å². The molecule has 32 heavy (non-hydrogen) atoms. The van der Waals surface area contributed by atoms with Crippen LogP contribution in [0.4, 0.5) is 0 Å². The molecule has 1 saturated heterocycles. The van der Waals surface area contributed by atoms with Crippen LogP contribution in [0.1, 0.15) is 51.0 Å². The summed E-state index contributed by atoms with van der Waals surface area (Å²) in [6, 6.07) is 4.08. The van der Waals surface area contributed by atoms with E-state index in [-0.39, 0.29) is 35.9 Å². The van der Waals surface area contributed by atoms with Crippen molar-refractivity contribution in [1.82, 2.24) is 20.5 Å². The number of hydrogen-bond donors (Lipinski definition) is 2. The highest BCUT2D eigenvalue weighted by atomic mass is 127. The number of aromatic nitrogens is 1. The lowest BCUT2D eigenvalue weighted by atomic mass is 9.88. The Kier molecular flexibility index (Phi) is 12.1. The Labute approximate surface area is 208 Å². The smallest absolute Gasteiger partial charge is 0.225 e. The molecule has 180 valence electrons. The Morgan fingerprint density at radius 2 is 2.06 bits per heavy atom. The number of halogens is 1. The summed E-state index contributed by atoms with van der Waals surface area (Å²) >= 11 is 0. The summed E-state index contributed by atoms with van der Waals surface area (Å²) in [5.74, 6) is 1.92. The number of amides is 1. The third kappa shape index (κ3) is 8.06. The van der Waals surface area contributed by atoms with Gasteiger partial charge in [-0.2, -0.15) is 0 Å². The average molecular weight is 559 g/mol. The summed E-state index contributed by atoms with van der Waals surface area (Å²) in [6.07, 6.45) is 8.42. The summed E-state index contributed by atoms with van der Waals surface area (Å²) < 4.78 is 10.8. The van der Waals surface area contributed by atoms with Crippen LogP contribution in [0, 0.1) is 5.92 Å². The van der Waals surface area contributed by atoms with Gasteiger partial charge < -0.3 is 25.0 Å². The third-order valence-corrected chi connectivity index (χ3v) is 5.92. The average Bonchev–Trinajstić information content (AvgIpc) is 3.27. The molecule has 2 heterocycles. The van der Waals surface area contributed by atoms with Crippen LogP contribution in [-0.2, 0) is 16.1 Å². The predicted molar refractivity (Wildman–Crippen MR) is 137 cm³/mol. The van der Waals surface area contributed by atoms with Gasteiger partial charge in [0.2, 0.25) is 11.8 Å². The van der Waals surface area contributed by atoms with Crippen molar-refractivity contribution in [1.29, 1.82) is 0 Å². The Morgan fingerprint density at radius 3 is 2.81 bits per heavy atom. The number of hydrogen-bond acceptors (Lipinski definition) is 5. The van der Waals surface area contributed by atoms with Crippen molar-refractivity contribution < 1.29 is 14.3 Å². The number of rotatable bonds is 9. The summed E-state index contributed by atoms with van der Waals surface area (Å²) in [5, 5.41) is 6.82. The van der Waals surface area contributed by atoms with Gasteiger partial charge in [0.25, 0.3) is 0 Å². The minimum Gasteiger partial charge on any atom is -0.475 e. The Bertz CT molecular complexity index is 727. The van der Waals surface area contributed by atoms with Crippen LogP contribution in [0.3, 0.4) is 0 Å². The number of likely N-dealkylation sites (tertiary alicyclic amines) is 1. The quantitative estimate of drug-likeness (QED) is 0.210. The molecule has 2 N–H and O–H groups in total. The van der Waals surface area contributed by atoms with Gasteiger partial charge in [-0.05, 0) is 32.3 Å². The predicted octanol–water partition coefficient (Wildman–Crippen LogP) is 2.96. The maximum Gasteiger partial charge on any atom is 0.225 e. The topological polar surface area (TPSA) is 88.1 Å². The highest BCUT2D eigenvalue weighted by molar-refractivity contribution is 14.0. The van der Waals surface area contributed by atoms with Crippen LogP contribution >= 0.6 is 24.0 Å². The lowest BCUT2D eigenvalue weighted by Gasteiger charge is -2.26. The van der Waals surface area contributed by atoms with Crippen LogP contribution in [-0.4, -0.2) is 67.8 Å². The molecule has 1 aromatic rings. The van der Waals surface area contributed by atoms with E-state index in [0.29, 0.717) is 31.5 Å². The van der Waals surface area contributed by atoms with Crippen molar-refractivity contribution in [3.63, 3.8) is 0 Å². The van der Waals surface area contributed by atoms with E-state index in [2.05, 4.69) is 15.6 Å². The zero-order chi connectivity index (χ0) is 21.9. The number of guanidine groups is 1. The van der Waals surface area contributed by atoms with E-state index in [9.17, 15) is 4.79 Å². The van der Waals surface area contributed by atoms with Gasteiger partial charge in [-0.25, -0.2) is 9.98 Å². The van der Waals surface area contributed by atoms with E-state index in [4.69, 9.17) is 14.5 Å². The van der Waals surface area contributed by atoms with E-state index in [0.717, 1.165) is 50.4 Å². The standard InChI is InChI=1S/C23H37N5O3.HI/c1-3-24-23(26-16-19-10-7-12-25-21(19)31-15-14-30-2)27-20-11-13-28(17-20)22(29)18-8-5-4-6-9-18;/h7,10,12,18,20H,3-6,8-9,11,13-17H2,1-2H3,(H2,24,26,27);1H. The van der Waals surface area contributed by atoms with Gasteiger partial charge in [-0.15, -0.1) is 24.0 Å². The molecule has 1 atom stereocenters. The Morgan fingerprint density at radius 1 is 1.25 bits per heavy atom. The third-order valence-electron chi connectivity index (χ3n) is 5.92. The molecule has 1 amide bonds. The molecular formula is C23H38IN5O3. The second kappa shape index (κ2) is 14.5. The van der Waals surface area contributed by atoms with E-state index >= 15 is 0 Å². The molecule has 0 radical (unpaired) electrons. The minimum atomic E-state index is 0. The summed E-state index contributed by atoms with van der Waals surface area (Å²) in [5.41, 5.74) is 0.927.